The van der Waals surface area contributed by atoms with Gasteiger partial charge in [-0.15, -0.1) is 11.3 Å². The lowest BCUT2D eigenvalue weighted by Crippen LogP contribution is -2.22. The summed E-state index contributed by atoms with van der Waals surface area (Å²) in [4.78, 5) is 2.57. The molecule has 1 rings (SSSR count). The van der Waals surface area contributed by atoms with E-state index >= 15 is 0 Å². The molecule has 0 fully saturated rings. The van der Waals surface area contributed by atoms with Gasteiger partial charge in [-0.05, 0) is 25.5 Å². The first-order valence-electron chi connectivity index (χ1n) is 4.82. The molecule has 80 valence electrons. The summed E-state index contributed by atoms with van der Waals surface area (Å²) in [6.07, 6.45) is 1.06. The van der Waals surface area contributed by atoms with Gasteiger partial charge in [0.1, 0.15) is 0 Å². The molecule has 0 aliphatic rings. The predicted octanol–water partition coefficient (Wildman–Crippen LogP) is 1.91. The second kappa shape index (κ2) is 5.63. The van der Waals surface area contributed by atoms with Crippen LogP contribution in [0.1, 0.15) is 23.6 Å². The van der Waals surface area contributed by atoms with Crippen LogP contribution in [0.25, 0.3) is 0 Å². The lowest BCUT2D eigenvalue weighted by atomic mass is 10.4. The molecular formula is C10H17NOS2. The van der Waals surface area contributed by atoms with Crippen LogP contribution in [0.2, 0.25) is 0 Å². The standard InChI is InChI=1S/C10H17NOS2/c1-3-9-4-5-10(13-9)7-14(12)8(2)6-11/h4-5,8H,3,6-7,11H2,1-2H3. The Morgan fingerprint density at radius 1 is 1.50 bits per heavy atom. The molecule has 2 N–H and O–H groups in total. The maximum atomic E-state index is 11.7. The van der Waals surface area contributed by atoms with Gasteiger partial charge in [0.05, 0.1) is 5.75 Å². The number of hydrogen-bond donors (Lipinski definition) is 1. The molecule has 0 aromatic carbocycles. The van der Waals surface area contributed by atoms with Gasteiger partial charge < -0.3 is 5.73 Å². The number of nitrogens with two attached hydrogens (primary N) is 1. The molecule has 0 amide bonds. The Labute approximate surface area is 92.0 Å². The third-order valence-corrected chi connectivity index (χ3v) is 5.23. The van der Waals surface area contributed by atoms with Gasteiger partial charge in [0.25, 0.3) is 0 Å². The van der Waals surface area contributed by atoms with Gasteiger partial charge in [0, 0.05) is 32.3 Å². The average molecular weight is 231 g/mol. The molecule has 14 heavy (non-hydrogen) atoms. The van der Waals surface area contributed by atoms with E-state index in [1.807, 2.05) is 6.92 Å². The van der Waals surface area contributed by atoms with E-state index in [0.29, 0.717) is 12.3 Å². The minimum absolute atomic E-state index is 0.0992. The minimum atomic E-state index is -0.819. The Morgan fingerprint density at radius 2 is 2.14 bits per heavy atom. The number of rotatable bonds is 5. The van der Waals surface area contributed by atoms with E-state index in [9.17, 15) is 4.21 Å². The van der Waals surface area contributed by atoms with E-state index in [1.54, 1.807) is 11.3 Å². The monoisotopic (exact) mass is 231 g/mol. The van der Waals surface area contributed by atoms with Crippen molar-refractivity contribution in [1.29, 1.82) is 0 Å². The van der Waals surface area contributed by atoms with Crippen LogP contribution in [0.5, 0.6) is 0 Å². The smallest absolute Gasteiger partial charge is 0.0583 e. The summed E-state index contributed by atoms with van der Waals surface area (Å²) in [6.45, 7) is 4.57. The molecule has 2 nitrogen and oxygen atoms in total. The predicted molar refractivity (Wildman–Crippen MR) is 64.1 cm³/mol. The van der Waals surface area contributed by atoms with Crippen molar-refractivity contribution in [3.63, 3.8) is 0 Å². The van der Waals surface area contributed by atoms with Crippen molar-refractivity contribution in [2.24, 2.45) is 5.73 Å². The summed E-state index contributed by atoms with van der Waals surface area (Å²) in [7, 11) is -0.819. The molecule has 0 radical (unpaired) electrons. The highest BCUT2D eigenvalue weighted by Crippen LogP contribution is 2.19. The van der Waals surface area contributed by atoms with E-state index in [0.717, 1.165) is 6.42 Å². The number of aryl methyl sites for hydroxylation is 1. The van der Waals surface area contributed by atoms with E-state index in [2.05, 4.69) is 19.1 Å². The Hall–Kier alpha value is -0.190. The summed E-state index contributed by atoms with van der Waals surface area (Å²) < 4.78 is 11.7. The first-order valence-corrected chi connectivity index (χ1v) is 7.02. The highest BCUT2D eigenvalue weighted by atomic mass is 32.2. The number of thiophene rings is 1. The molecule has 2 unspecified atom stereocenters. The van der Waals surface area contributed by atoms with Gasteiger partial charge in [0.2, 0.25) is 0 Å². The zero-order chi connectivity index (χ0) is 10.6. The molecule has 0 saturated carbocycles. The van der Waals surface area contributed by atoms with E-state index < -0.39 is 10.8 Å². The fourth-order valence-corrected chi connectivity index (χ4v) is 3.29. The molecule has 0 aliphatic carbocycles. The van der Waals surface area contributed by atoms with E-state index in [1.165, 1.54) is 9.75 Å². The topological polar surface area (TPSA) is 43.1 Å². The van der Waals surface area contributed by atoms with Gasteiger partial charge in [-0.25, -0.2) is 0 Å². The maximum absolute atomic E-state index is 11.7. The first kappa shape index (κ1) is 11.9. The van der Waals surface area contributed by atoms with Crippen molar-refractivity contribution in [2.45, 2.75) is 31.3 Å². The second-order valence-corrected chi connectivity index (χ2v) is 6.40. The fourth-order valence-electron chi connectivity index (χ4n) is 1.08. The summed E-state index contributed by atoms with van der Waals surface area (Å²) in [5.41, 5.74) is 5.47. The third kappa shape index (κ3) is 3.19. The van der Waals surface area contributed by atoms with Crippen LogP contribution >= 0.6 is 11.3 Å². The molecule has 0 aliphatic heterocycles. The highest BCUT2D eigenvalue weighted by Gasteiger charge is 2.10. The highest BCUT2D eigenvalue weighted by molar-refractivity contribution is 7.85. The quantitative estimate of drug-likeness (QED) is 0.841. The van der Waals surface area contributed by atoms with Crippen molar-refractivity contribution in [3.8, 4) is 0 Å². The summed E-state index contributed by atoms with van der Waals surface area (Å²) in [5.74, 6) is 0.656. The van der Waals surface area contributed by atoms with Gasteiger partial charge in [-0.1, -0.05) is 6.92 Å². The second-order valence-electron chi connectivity index (χ2n) is 3.29. The zero-order valence-electron chi connectivity index (χ0n) is 8.66. The molecule has 1 aromatic heterocycles. The molecule has 2 atom stereocenters. The van der Waals surface area contributed by atoms with Gasteiger partial charge in [-0.3, -0.25) is 4.21 Å². The van der Waals surface area contributed by atoms with Gasteiger partial charge in [-0.2, -0.15) is 0 Å². The summed E-state index contributed by atoms with van der Waals surface area (Å²) >= 11 is 1.76. The Morgan fingerprint density at radius 3 is 2.64 bits per heavy atom. The zero-order valence-corrected chi connectivity index (χ0v) is 10.3. The molecule has 0 spiro atoms. The maximum Gasteiger partial charge on any atom is 0.0583 e. The third-order valence-electron chi connectivity index (χ3n) is 2.13. The van der Waals surface area contributed by atoms with E-state index in [4.69, 9.17) is 5.73 Å². The molecule has 1 aromatic rings. The summed E-state index contributed by atoms with van der Waals surface area (Å²) in [5, 5.41) is 0.0992. The van der Waals surface area contributed by atoms with Crippen LogP contribution in [0, 0.1) is 0 Å². The van der Waals surface area contributed by atoms with Crippen LogP contribution in [-0.4, -0.2) is 16.0 Å². The van der Waals surface area contributed by atoms with Crippen molar-refractivity contribution < 1.29 is 4.21 Å². The van der Waals surface area contributed by atoms with Crippen molar-refractivity contribution >= 4 is 22.1 Å². The molecule has 0 saturated heterocycles. The normalized spacial score (nSPS) is 15.4. The molecular weight excluding hydrogens is 214 g/mol. The molecule has 0 bridgehead atoms. The number of hydrogen-bond acceptors (Lipinski definition) is 3. The largest absolute Gasteiger partial charge is 0.329 e. The Bertz CT molecular complexity index is 309. The van der Waals surface area contributed by atoms with Crippen LogP contribution in [-0.2, 0) is 23.0 Å². The van der Waals surface area contributed by atoms with Crippen LogP contribution in [0.3, 0.4) is 0 Å². The van der Waals surface area contributed by atoms with Crippen molar-refractivity contribution in [2.75, 3.05) is 6.54 Å². The lowest BCUT2D eigenvalue weighted by molar-refractivity contribution is 0.673. The average Bonchev–Trinajstić information content (AvgIpc) is 2.64. The first-order chi connectivity index (χ1) is 6.67. The van der Waals surface area contributed by atoms with Crippen molar-refractivity contribution in [3.05, 3.63) is 21.9 Å². The molecule has 1 heterocycles. The van der Waals surface area contributed by atoms with Gasteiger partial charge >= 0.3 is 0 Å². The van der Waals surface area contributed by atoms with Crippen LogP contribution in [0.15, 0.2) is 12.1 Å². The Balaban J connectivity index is 2.56. The van der Waals surface area contributed by atoms with Crippen LogP contribution < -0.4 is 5.73 Å². The summed E-state index contributed by atoms with van der Waals surface area (Å²) in [6, 6.07) is 4.19. The lowest BCUT2D eigenvalue weighted by Gasteiger charge is -2.06. The Kier molecular flexibility index (Phi) is 4.78. The minimum Gasteiger partial charge on any atom is -0.329 e. The van der Waals surface area contributed by atoms with Crippen molar-refractivity contribution in [1.82, 2.24) is 0 Å². The SMILES string of the molecule is CCc1ccc(CS(=O)C(C)CN)s1. The van der Waals surface area contributed by atoms with Crippen LogP contribution in [0.4, 0.5) is 0 Å². The van der Waals surface area contributed by atoms with E-state index in [-0.39, 0.29) is 5.25 Å². The van der Waals surface area contributed by atoms with Gasteiger partial charge in [0.15, 0.2) is 0 Å². The fraction of sp³-hybridized carbons (Fsp3) is 0.600. The molecule has 4 heteroatoms.